The molecular formula is C102H123N3O2S11. The molecule has 0 N–H and O–H groups in total. The summed E-state index contributed by atoms with van der Waals surface area (Å²) < 4.78 is 5.40. The normalized spacial score (nSPS) is 15.1. The van der Waals surface area contributed by atoms with Crippen LogP contribution in [-0.2, 0) is 28.9 Å². The molecule has 15 rings (SSSR count). The summed E-state index contributed by atoms with van der Waals surface area (Å²) in [4.78, 5) is 64.5. The van der Waals surface area contributed by atoms with Crippen molar-refractivity contribution in [1.82, 2.24) is 14.8 Å². The van der Waals surface area contributed by atoms with Gasteiger partial charge < -0.3 is 9.80 Å². The predicted molar refractivity (Wildman–Crippen MR) is 532 cm³/mol. The van der Waals surface area contributed by atoms with Gasteiger partial charge in [-0.1, -0.05) is 212 Å². The molecule has 0 saturated carbocycles. The summed E-state index contributed by atoms with van der Waals surface area (Å²) in [6, 6.07) is 38.8. The average molecular weight is 1780 g/mol. The van der Waals surface area contributed by atoms with Crippen molar-refractivity contribution in [2.75, 3.05) is 13.1 Å². The van der Waals surface area contributed by atoms with Crippen LogP contribution in [0.1, 0.15) is 282 Å². The Morgan fingerprint density at radius 3 is 1.05 bits per heavy atom. The van der Waals surface area contributed by atoms with Crippen molar-refractivity contribution in [2.45, 2.75) is 276 Å². The van der Waals surface area contributed by atoms with Gasteiger partial charge in [0.05, 0.1) is 37.2 Å². The molecule has 624 valence electrons. The number of hydrogen-bond donors (Lipinski definition) is 0. The highest BCUT2D eigenvalue weighted by atomic mass is 32.1. The lowest BCUT2D eigenvalue weighted by Crippen LogP contribution is -2.34. The summed E-state index contributed by atoms with van der Waals surface area (Å²) in [5.41, 5.74) is 8.24. The van der Waals surface area contributed by atoms with Crippen LogP contribution < -0.4 is 0 Å². The fourth-order valence-corrected chi connectivity index (χ4v) is 31.5. The third-order valence-corrected chi connectivity index (χ3v) is 38.5. The summed E-state index contributed by atoms with van der Waals surface area (Å²) in [5, 5.41) is 6.41. The quantitative estimate of drug-likeness (QED) is 0.0382. The molecule has 16 heteroatoms. The maximum atomic E-state index is 16.6. The number of rotatable bonds is 44. The third-order valence-electron chi connectivity index (χ3n) is 25.7. The Balaban J connectivity index is 0.896. The molecule has 0 fully saturated rings. The number of aryl methyl sites for hydroxylation is 2. The fourth-order valence-electron chi connectivity index (χ4n) is 18.5. The number of amides is 2. The lowest BCUT2D eigenvalue weighted by molar-refractivity contribution is -0.124. The molecule has 2 amide bonds. The maximum Gasteiger partial charge on any atom is 0.261 e. The largest absolute Gasteiger partial charge is 0.306 e. The van der Waals surface area contributed by atoms with E-state index in [0.717, 1.165) is 108 Å². The molecule has 0 spiro atoms. The first-order valence-electron chi connectivity index (χ1n) is 45.2. The number of thiazole rings is 1. The van der Waals surface area contributed by atoms with Crippen molar-refractivity contribution < 1.29 is 9.59 Å². The first-order chi connectivity index (χ1) is 57.6. The van der Waals surface area contributed by atoms with Crippen LogP contribution in [0.5, 0.6) is 0 Å². The Hall–Kier alpha value is -5.47. The smallest absolute Gasteiger partial charge is 0.261 e. The van der Waals surface area contributed by atoms with Crippen molar-refractivity contribution in [3.8, 4) is 71.2 Å². The van der Waals surface area contributed by atoms with Gasteiger partial charge in [-0.2, -0.15) is 0 Å². The number of aromatic nitrogens is 1. The fraction of sp³-hybridized carbons (Fsp3) is 0.480. The molecule has 0 radical (unpaired) electrons. The Labute approximate surface area is 748 Å². The molecule has 118 heavy (non-hydrogen) atoms. The first-order valence-corrected chi connectivity index (χ1v) is 54.2. The van der Waals surface area contributed by atoms with Gasteiger partial charge in [0.2, 0.25) is 0 Å². The number of fused-ring (bicyclic) bond motifs is 5. The second-order valence-corrected chi connectivity index (χ2v) is 46.4. The lowest BCUT2D eigenvalue weighted by atomic mass is 9.95. The van der Waals surface area contributed by atoms with E-state index in [2.05, 4.69) is 204 Å². The molecule has 6 atom stereocenters. The zero-order valence-electron chi connectivity index (χ0n) is 72.4. The second-order valence-electron chi connectivity index (χ2n) is 34.0. The molecule has 11 aromatic heterocycles. The van der Waals surface area contributed by atoms with E-state index in [4.69, 9.17) is 4.98 Å². The predicted octanol–water partition coefficient (Wildman–Crippen LogP) is 35.9. The van der Waals surface area contributed by atoms with Crippen LogP contribution in [-0.4, -0.2) is 39.7 Å². The zero-order chi connectivity index (χ0) is 82.4. The van der Waals surface area contributed by atoms with Gasteiger partial charge in [0.1, 0.15) is 5.01 Å². The number of hydrogen-bond acceptors (Lipinski definition) is 14. The van der Waals surface area contributed by atoms with Gasteiger partial charge in [-0.25, -0.2) is 4.98 Å². The minimum Gasteiger partial charge on any atom is -0.306 e. The summed E-state index contributed by atoms with van der Waals surface area (Å²) in [6.45, 7) is 33.6. The molecule has 0 aliphatic carbocycles. The molecule has 5 nitrogen and oxygen atoms in total. The summed E-state index contributed by atoms with van der Waals surface area (Å²) in [6.07, 6.45) is 33.5. The highest BCUT2D eigenvalue weighted by Crippen LogP contribution is 2.59. The van der Waals surface area contributed by atoms with E-state index in [0.29, 0.717) is 47.9 Å². The molecule has 0 saturated heterocycles. The van der Waals surface area contributed by atoms with Crippen molar-refractivity contribution >= 4 is 188 Å². The highest BCUT2D eigenvalue weighted by Gasteiger charge is 2.50. The number of benzene rings is 2. The molecule has 2 aliphatic rings. The second kappa shape index (κ2) is 40.0. The molecule has 2 aliphatic heterocycles. The van der Waals surface area contributed by atoms with Crippen LogP contribution in [0.15, 0.2) is 114 Å². The van der Waals surface area contributed by atoms with Gasteiger partial charge in [0.15, 0.2) is 0 Å². The average Bonchev–Trinajstić information content (AvgIpc) is 1.56. The van der Waals surface area contributed by atoms with Gasteiger partial charge in [0.25, 0.3) is 11.8 Å². The summed E-state index contributed by atoms with van der Waals surface area (Å²) in [5.74, 6) is 3.08. The topological polar surface area (TPSA) is 53.5 Å². The Morgan fingerprint density at radius 1 is 0.314 bits per heavy atom. The Kier molecular flexibility index (Phi) is 29.6. The van der Waals surface area contributed by atoms with Gasteiger partial charge in [-0.05, 0) is 191 Å². The van der Waals surface area contributed by atoms with E-state index in [9.17, 15) is 0 Å². The van der Waals surface area contributed by atoms with E-state index >= 15 is 9.59 Å². The molecule has 13 aromatic rings. The van der Waals surface area contributed by atoms with Gasteiger partial charge >= 0.3 is 0 Å². The number of carbonyl (C=O) groups is 2. The molecule has 13 heterocycles. The van der Waals surface area contributed by atoms with Crippen LogP contribution >= 0.6 is 125 Å². The van der Waals surface area contributed by atoms with Crippen molar-refractivity contribution in [1.29, 1.82) is 0 Å². The van der Waals surface area contributed by atoms with Crippen LogP contribution in [0.25, 0.3) is 123 Å². The summed E-state index contributed by atoms with van der Waals surface area (Å²) in [7, 11) is 0. The van der Waals surface area contributed by atoms with E-state index in [1.54, 1.807) is 34.0 Å². The standard InChI is InChI=1S/C102H123N3O2S11/c1-15-27-33-63(21-7)52-69-39-42-79(110-69)88-72-51-61(13)108-96(72)89(80-43-40-70(111-80)53-64(22-8)34-28-16-2)73-55-85(116-97(73)88)77-46-49-83(114-77)94-92-93(102(107)104(94)59-66(24-10)36-30-18-4)95(105(101(92)106)60-67(25-11)37-31-19-5)84-50-47-78(115-84)86-56-74-91(82-48-45-76(113-82)68(26-12)38-32-20-6)99-75(57-87(118-99)100-103-58-62(14)109-100)90(98(74)117-86)81-44-41-71(112-81)54-65(23-9)35-29-17-3/h39-51,55-58,63-68H,15-38,52-54,59-60H2,1-14H3. The van der Waals surface area contributed by atoms with Gasteiger partial charge in [-0.15, -0.1) is 125 Å². The van der Waals surface area contributed by atoms with E-state index in [-0.39, 0.29) is 23.7 Å². The van der Waals surface area contributed by atoms with E-state index in [1.165, 1.54) is 227 Å². The molecular weight excluding hydrogens is 1650 g/mol. The van der Waals surface area contributed by atoms with Gasteiger partial charge in [0, 0.05) is 150 Å². The molecule has 2 aromatic carbocycles. The van der Waals surface area contributed by atoms with E-state index in [1.807, 2.05) is 96.9 Å². The Bertz CT molecular complexity index is 5570. The monoisotopic (exact) mass is 1770 g/mol. The first kappa shape index (κ1) is 87.4. The van der Waals surface area contributed by atoms with Crippen LogP contribution in [0.4, 0.5) is 0 Å². The number of nitrogens with zero attached hydrogens (tertiary/aromatic N) is 3. The maximum absolute atomic E-state index is 16.6. The minimum absolute atomic E-state index is 0.0227. The van der Waals surface area contributed by atoms with Crippen LogP contribution in [0, 0.1) is 43.4 Å². The third kappa shape index (κ3) is 18.3. The molecule has 0 bridgehead atoms. The number of unbranched alkanes of at least 4 members (excludes halogenated alkanes) is 6. The summed E-state index contributed by atoms with van der Waals surface area (Å²) >= 11 is 21.2. The number of thiophene rings is 10. The minimum atomic E-state index is -0.0227. The molecule has 6 unspecified atom stereocenters. The SMILES string of the molecule is CCCCC(CC)Cc1ccc(-c2c3cc(-c4ccc(C5=C6C(=O)N(CC(CC)CCCC)C(c7ccc(-c8cc9c(-c%10ccc(C(CC)CCCC)s%10)c%10sc(-c%11ncc(C)s%11)cc%10c(-c%10ccc(CC(CC)CCCC)s%10)c9s8)s7)=C6C(=O)N5CC(CC)CCCC)s4)sc3c(-c3ccc(CC(CC)CCCC)s3)c3cc(C)sc23)s1. The van der Waals surface area contributed by atoms with Crippen molar-refractivity contribution in [3.63, 3.8) is 0 Å². The van der Waals surface area contributed by atoms with Crippen molar-refractivity contribution in [2.24, 2.45) is 29.6 Å². The number of carbonyl (C=O) groups excluding carboxylic acids is 2. The van der Waals surface area contributed by atoms with Crippen molar-refractivity contribution in [3.05, 3.63) is 153 Å². The lowest BCUT2D eigenvalue weighted by Gasteiger charge is -2.29. The van der Waals surface area contributed by atoms with Gasteiger partial charge in [-0.3, -0.25) is 9.59 Å². The van der Waals surface area contributed by atoms with Crippen LogP contribution in [0.3, 0.4) is 0 Å². The Morgan fingerprint density at radius 2 is 0.661 bits per heavy atom. The highest BCUT2D eigenvalue weighted by molar-refractivity contribution is 7.30. The van der Waals surface area contributed by atoms with E-state index < -0.39 is 0 Å². The zero-order valence-corrected chi connectivity index (χ0v) is 81.4. The van der Waals surface area contributed by atoms with Crippen LogP contribution in [0.2, 0.25) is 0 Å².